The van der Waals surface area contributed by atoms with Crippen LogP contribution >= 0.6 is 0 Å². The van der Waals surface area contributed by atoms with E-state index in [2.05, 4.69) is 79.8 Å². The van der Waals surface area contributed by atoms with E-state index in [-0.39, 0.29) is 12.4 Å². The minimum absolute atomic E-state index is 0.262. The summed E-state index contributed by atoms with van der Waals surface area (Å²) in [5.74, 6) is -1.52. The summed E-state index contributed by atoms with van der Waals surface area (Å²) in [6.45, 7) is 2.59. The van der Waals surface area contributed by atoms with Crippen molar-refractivity contribution in [2.75, 3.05) is 27.7 Å². The van der Waals surface area contributed by atoms with Crippen LogP contribution in [0.2, 0.25) is 0 Å². The Labute approximate surface area is 220 Å². The minimum Gasteiger partial charge on any atom is -0.550 e. The van der Waals surface area contributed by atoms with Crippen molar-refractivity contribution in [3.05, 3.63) is 72.9 Å². The van der Waals surface area contributed by atoms with Gasteiger partial charge in [0, 0.05) is 18.8 Å². The van der Waals surface area contributed by atoms with E-state index in [9.17, 15) is 14.7 Å². The fourth-order valence-corrected chi connectivity index (χ4v) is 3.38. The van der Waals surface area contributed by atoms with Crippen molar-refractivity contribution in [1.29, 1.82) is 0 Å². The number of carbonyl (C=O) groups excluding carboxylic acids is 2. The predicted molar refractivity (Wildman–Crippen MR) is 149 cm³/mol. The maximum atomic E-state index is 12.0. The summed E-state index contributed by atoms with van der Waals surface area (Å²) in [7, 11) is 5.80. The van der Waals surface area contributed by atoms with Crippen molar-refractivity contribution in [1.82, 2.24) is 0 Å². The molecule has 5 heteroatoms. The van der Waals surface area contributed by atoms with Crippen LogP contribution in [0.3, 0.4) is 0 Å². The quantitative estimate of drug-likeness (QED) is 0.0638. The van der Waals surface area contributed by atoms with Gasteiger partial charge in [0.05, 0.1) is 21.1 Å². The first kappa shape index (κ1) is 33.3. The molecule has 0 aliphatic carbocycles. The minimum atomic E-state index is -1.19. The number of quaternary nitrogens is 1. The second kappa shape index (κ2) is 22.8. The zero-order valence-electron chi connectivity index (χ0n) is 23.1. The van der Waals surface area contributed by atoms with Crippen LogP contribution in [0.15, 0.2) is 72.9 Å². The lowest BCUT2D eigenvalue weighted by Crippen LogP contribution is -2.45. The Morgan fingerprint density at radius 1 is 0.750 bits per heavy atom. The number of ether oxygens (including phenoxy) is 1. The summed E-state index contributed by atoms with van der Waals surface area (Å²) in [5, 5.41) is 10.9. The number of aliphatic carboxylic acids is 1. The standard InChI is InChI=1S/C31H49NO4/c1-5-6-7-8-9-10-11-12-13-14-15-16-17-18-19-20-21-22-23-24-25-26-31(35)36-29(27-30(33)34)28-32(2,3)4/h6-7,9-10,12-13,15-16,18-21,29H,5,8,11,14,17,22-28H2,1-4H3/b7-6+,10-9+,13-12+,16-15+,19-18+,21-20+. The van der Waals surface area contributed by atoms with Crippen molar-refractivity contribution < 1.29 is 23.9 Å². The monoisotopic (exact) mass is 499 g/mol. The third-order valence-electron chi connectivity index (χ3n) is 5.07. The second-order valence-corrected chi connectivity index (χ2v) is 9.85. The normalized spacial score (nSPS) is 13.9. The van der Waals surface area contributed by atoms with Gasteiger partial charge in [0.25, 0.3) is 0 Å². The van der Waals surface area contributed by atoms with Gasteiger partial charge in [-0.05, 0) is 51.4 Å². The van der Waals surface area contributed by atoms with Gasteiger partial charge in [0.2, 0.25) is 0 Å². The highest BCUT2D eigenvalue weighted by atomic mass is 16.5. The van der Waals surface area contributed by atoms with E-state index >= 15 is 0 Å². The molecule has 0 aliphatic heterocycles. The molecule has 0 fully saturated rings. The number of esters is 1. The SMILES string of the molecule is CC/C=C/C/C=C/C/C=C/C/C=C/C/C=C/C=C/CCCCCC(=O)OC(CC(=O)[O-])C[N+](C)(C)C. The fraction of sp³-hybridized carbons (Fsp3) is 0.548. The molecule has 0 N–H and O–H groups in total. The van der Waals surface area contributed by atoms with Gasteiger partial charge in [0.15, 0.2) is 6.10 Å². The molecule has 202 valence electrons. The van der Waals surface area contributed by atoms with Crippen molar-refractivity contribution in [2.24, 2.45) is 0 Å². The number of carboxylic acids is 1. The van der Waals surface area contributed by atoms with Crippen LogP contribution in [0.1, 0.15) is 77.6 Å². The van der Waals surface area contributed by atoms with Crippen LogP contribution in [-0.2, 0) is 14.3 Å². The molecule has 0 radical (unpaired) electrons. The highest BCUT2D eigenvalue weighted by molar-refractivity contribution is 5.70. The fourth-order valence-electron chi connectivity index (χ4n) is 3.38. The van der Waals surface area contributed by atoms with Gasteiger partial charge in [-0.3, -0.25) is 4.79 Å². The maximum absolute atomic E-state index is 12.0. The highest BCUT2D eigenvalue weighted by Gasteiger charge is 2.22. The van der Waals surface area contributed by atoms with Crippen LogP contribution < -0.4 is 5.11 Å². The maximum Gasteiger partial charge on any atom is 0.306 e. The molecule has 1 unspecified atom stereocenters. The molecule has 0 bridgehead atoms. The topological polar surface area (TPSA) is 66.4 Å². The molecule has 0 aromatic heterocycles. The third kappa shape index (κ3) is 26.0. The van der Waals surface area contributed by atoms with Crippen molar-refractivity contribution in [2.45, 2.75) is 83.7 Å². The van der Waals surface area contributed by atoms with Gasteiger partial charge in [-0.15, -0.1) is 0 Å². The van der Waals surface area contributed by atoms with Crippen molar-refractivity contribution in [3.8, 4) is 0 Å². The van der Waals surface area contributed by atoms with Gasteiger partial charge in [0.1, 0.15) is 6.54 Å². The molecule has 0 aliphatic rings. The summed E-state index contributed by atoms with van der Waals surface area (Å²) in [4.78, 5) is 22.9. The van der Waals surface area contributed by atoms with E-state index in [0.29, 0.717) is 17.4 Å². The molecule has 36 heavy (non-hydrogen) atoms. The summed E-state index contributed by atoms with van der Waals surface area (Å²) in [6.07, 6.45) is 34.1. The van der Waals surface area contributed by atoms with Crippen molar-refractivity contribution in [3.63, 3.8) is 0 Å². The van der Waals surface area contributed by atoms with Crippen molar-refractivity contribution >= 4 is 11.9 Å². The molecule has 0 saturated heterocycles. The summed E-state index contributed by atoms with van der Waals surface area (Å²) >= 11 is 0. The number of carbonyl (C=O) groups is 2. The zero-order chi connectivity index (χ0) is 26.9. The number of nitrogens with zero attached hydrogens (tertiary/aromatic N) is 1. The summed E-state index contributed by atoms with van der Waals surface area (Å²) < 4.78 is 5.89. The Bertz CT molecular complexity index is 751. The Kier molecular flexibility index (Phi) is 21.1. The number of likely N-dealkylation sites (N-methyl/N-ethyl adjacent to an activating group) is 1. The van der Waals surface area contributed by atoms with E-state index in [0.717, 1.165) is 57.8 Å². The van der Waals surface area contributed by atoms with Crippen LogP contribution in [0.5, 0.6) is 0 Å². The average molecular weight is 500 g/mol. The first-order valence-corrected chi connectivity index (χ1v) is 13.4. The molecule has 0 heterocycles. The lowest BCUT2D eigenvalue weighted by molar-refractivity contribution is -0.873. The van der Waals surface area contributed by atoms with Crippen LogP contribution in [-0.4, -0.2) is 50.2 Å². The molecule has 0 aromatic rings. The Morgan fingerprint density at radius 3 is 1.81 bits per heavy atom. The smallest absolute Gasteiger partial charge is 0.306 e. The predicted octanol–water partition coefficient (Wildman–Crippen LogP) is 6.00. The van der Waals surface area contributed by atoms with Crippen LogP contribution in [0, 0.1) is 0 Å². The Balaban J connectivity index is 3.81. The molecule has 5 nitrogen and oxygen atoms in total. The number of rotatable bonds is 21. The van der Waals surface area contributed by atoms with Gasteiger partial charge < -0.3 is 19.1 Å². The Morgan fingerprint density at radius 2 is 1.28 bits per heavy atom. The number of hydrogen-bond acceptors (Lipinski definition) is 4. The number of allylic oxidation sites excluding steroid dienone is 12. The zero-order valence-corrected chi connectivity index (χ0v) is 23.1. The molecule has 1 atom stereocenters. The van der Waals surface area contributed by atoms with Gasteiger partial charge in [-0.25, -0.2) is 0 Å². The molecule has 0 spiro atoms. The van der Waals surface area contributed by atoms with Crippen LogP contribution in [0.4, 0.5) is 0 Å². The summed E-state index contributed by atoms with van der Waals surface area (Å²) in [5.41, 5.74) is 0. The molecule has 0 aromatic carbocycles. The third-order valence-corrected chi connectivity index (χ3v) is 5.07. The first-order valence-electron chi connectivity index (χ1n) is 13.4. The Hall–Kier alpha value is -2.66. The molecular weight excluding hydrogens is 450 g/mol. The highest BCUT2D eigenvalue weighted by Crippen LogP contribution is 2.09. The second-order valence-electron chi connectivity index (χ2n) is 9.85. The van der Waals surface area contributed by atoms with E-state index in [1.807, 2.05) is 21.1 Å². The number of unbranched alkanes of at least 4 members (excludes halogenated alkanes) is 3. The van der Waals surface area contributed by atoms with Gasteiger partial charge >= 0.3 is 5.97 Å². The van der Waals surface area contributed by atoms with E-state index in [1.54, 1.807) is 0 Å². The lowest BCUT2D eigenvalue weighted by Gasteiger charge is -2.29. The van der Waals surface area contributed by atoms with Gasteiger partial charge in [-0.1, -0.05) is 86.3 Å². The largest absolute Gasteiger partial charge is 0.550 e. The molecule has 0 rings (SSSR count). The van der Waals surface area contributed by atoms with E-state index in [4.69, 9.17) is 4.74 Å². The average Bonchev–Trinajstić information content (AvgIpc) is 2.78. The van der Waals surface area contributed by atoms with E-state index < -0.39 is 12.1 Å². The number of carboxylic acid groups (broad SMARTS) is 1. The molecule has 0 amide bonds. The van der Waals surface area contributed by atoms with E-state index in [1.165, 1.54) is 0 Å². The van der Waals surface area contributed by atoms with Crippen LogP contribution in [0.25, 0.3) is 0 Å². The lowest BCUT2D eigenvalue weighted by atomic mass is 10.1. The molecular formula is C31H49NO4. The van der Waals surface area contributed by atoms with Gasteiger partial charge in [-0.2, -0.15) is 0 Å². The summed E-state index contributed by atoms with van der Waals surface area (Å²) in [6, 6.07) is 0. The molecule has 0 saturated carbocycles. The first-order chi connectivity index (χ1) is 17.2. The number of hydrogen-bond donors (Lipinski definition) is 0.